The fourth-order valence-corrected chi connectivity index (χ4v) is 3.80. The lowest BCUT2D eigenvalue weighted by Gasteiger charge is -2.28. The van der Waals surface area contributed by atoms with Crippen LogP contribution in [0.5, 0.6) is 0 Å². The molecular formula is C12H19N3O4S. The van der Waals surface area contributed by atoms with Gasteiger partial charge in [-0.2, -0.15) is 5.10 Å². The Morgan fingerprint density at radius 1 is 1.50 bits per heavy atom. The molecule has 0 spiro atoms. The summed E-state index contributed by atoms with van der Waals surface area (Å²) in [6.45, 7) is 1.69. The van der Waals surface area contributed by atoms with Gasteiger partial charge in [-0.05, 0) is 18.8 Å². The van der Waals surface area contributed by atoms with Crippen molar-refractivity contribution in [3.05, 3.63) is 12.4 Å². The molecule has 2 atom stereocenters. The first-order valence-electron chi connectivity index (χ1n) is 6.65. The number of carbonyl (C=O) groups is 1. The van der Waals surface area contributed by atoms with E-state index in [1.165, 1.54) is 12.4 Å². The molecule has 1 aromatic rings. The second kappa shape index (κ2) is 5.92. The Kier molecular flexibility index (Phi) is 4.44. The molecule has 2 rings (SSSR count). The van der Waals surface area contributed by atoms with Crippen molar-refractivity contribution >= 4 is 16.0 Å². The number of sulfonamides is 1. The summed E-state index contributed by atoms with van der Waals surface area (Å²) in [4.78, 5) is 10.6. The lowest BCUT2D eigenvalue weighted by Crippen LogP contribution is -2.40. The minimum Gasteiger partial charge on any atom is -0.480 e. The van der Waals surface area contributed by atoms with Gasteiger partial charge in [0.1, 0.15) is 11.4 Å². The van der Waals surface area contributed by atoms with Crippen molar-refractivity contribution in [3.63, 3.8) is 0 Å². The van der Waals surface area contributed by atoms with Crippen molar-refractivity contribution in [2.75, 3.05) is 0 Å². The van der Waals surface area contributed by atoms with Crippen LogP contribution < -0.4 is 4.72 Å². The van der Waals surface area contributed by atoms with E-state index in [2.05, 4.69) is 9.82 Å². The zero-order valence-electron chi connectivity index (χ0n) is 11.3. The molecule has 0 amide bonds. The molecule has 1 fully saturated rings. The van der Waals surface area contributed by atoms with Crippen LogP contribution in [0, 0.1) is 5.92 Å². The van der Waals surface area contributed by atoms with E-state index in [1.54, 1.807) is 0 Å². The second-order valence-corrected chi connectivity index (χ2v) is 6.97. The average molecular weight is 301 g/mol. The number of nitrogens with one attached hydrogen (secondary N) is 1. The highest BCUT2D eigenvalue weighted by atomic mass is 32.2. The Morgan fingerprint density at radius 2 is 2.20 bits per heavy atom. The smallest absolute Gasteiger partial charge is 0.325 e. The van der Waals surface area contributed by atoms with Crippen LogP contribution in [0.1, 0.15) is 32.6 Å². The summed E-state index contributed by atoms with van der Waals surface area (Å²) in [6.07, 6.45) is 6.43. The van der Waals surface area contributed by atoms with E-state index < -0.39 is 16.0 Å². The SMILES string of the molecule is CC1CCCCC1NS(=O)(=O)c1cnn(CC(=O)O)c1. The zero-order valence-corrected chi connectivity index (χ0v) is 12.1. The highest BCUT2D eigenvalue weighted by Gasteiger charge is 2.27. The normalized spacial score (nSPS) is 23.6. The van der Waals surface area contributed by atoms with Gasteiger partial charge in [-0.15, -0.1) is 0 Å². The van der Waals surface area contributed by atoms with Gasteiger partial charge in [0.05, 0.1) is 6.20 Å². The van der Waals surface area contributed by atoms with Gasteiger partial charge in [0.25, 0.3) is 0 Å². The van der Waals surface area contributed by atoms with Gasteiger partial charge in [-0.1, -0.05) is 19.8 Å². The van der Waals surface area contributed by atoms with E-state index >= 15 is 0 Å². The zero-order chi connectivity index (χ0) is 14.8. The third kappa shape index (κ3) is 3.57. The van der Waals surface area contributed by atoms with Crippen LogP contribution in [0.25, 0.3) is 0 Å². The first kappa shape index (κ1) is 15.0. The lowest BCUT2D eigenvalue weighted by atomic mass is 9.87. The number of aromatic nitrogens is 2. The molecule has 0 saturated heterocycles. The number of hydrogen-bond acceptors (Lipinski definition) is 4. The van der Waals surface area contributed by atoms with Crippen LogP contribution in [0.2, 0.25) is 0 Å². The number of hydrogen-bond donors (Lipinski definition) is 2. The highest BCUT2D eigenvalue weighted by Crippen LogP contribution is 2.25. The van der Waals surface area contributed by atoms with Crippen molar-refractivity contribution < 1.29 is 18.3 Å². The van der Waals surface area contributed by atoms with Gasteiger partial charge in [-0.25, -0.2) is 13.1 Å². The number of aliphatic carboxylic acids is 1. The van der Waals surface area contributed by atoms with Crippen LogP contribution in [0.15, 0.2) is 17.3 Å². The molecule has 8 heteroatoms. The predicted molar refractivity (Wildman–Crippen MR) is 71.6 cm³/mol. The molecule has 1 heterocycles. The summed E-state index contributed by atoms with van der Waals surface area (Å²) in [5.41, 5.74) is 0. The molecule has 1 aromatic heterocycles. The van der Waals surface area contributed by atoms with Gasteiger partial charge >= 0.3 is 5.97 Å². The van der Waals surface area contributed by atoms with E-state index in [-0.39, 0.29) is 17.5 Å². The van der Waals surface area contributed by atoms with E-state index in [0.717, 1.165) is 30.4 Å². The van der Waals surface area contributed by atoms with Crippen molar-refractivity contribution in [3.8, 4) is 0 Å². The molecule has 2 N–H and O–H groups in total. The van der Waals surface area contributed by atoms with E-state index in [0.29, 0.717) is 5.92 Å². The van der Waals surface area contributed by atoms with Crippen molar-refractivity contribution in [2.45, 2.75) is 50.1 Å². The van der Waals surface area contributed by atoms with Gasteiger partial charge in [0.15, 0.2) is 0 Å². The molecule has 0 aliphatic heterocycles. The third-order valence-corrected chi connectivity index (χ3v) is 5.08. The predicted octanol–water partition coefficient (Wildman–Crippen LogP) is 0.825. The van der Waals surface area contributed by atoms with Gasteiger partial charge in [-0.3, -0.25) is 9.48 Å². The molecule has 2 unspecified atom stereocenters. The van der Waals surface area contributed by atoms with Crippen LogP contribution in [0.4, 0.5) is 0 Å². The number of nitrogens with zero attached hydrogens (tertiary/aromatic N) is 2. The molecule has 1 aliphatic carbocycles. The molecule has 20 heavy (non-hydrogen) atoms. The quantitative estimate of drug-likeness (QED) is 0.838. The van der Waals surface area contributed by atoms with Crippen LogP contribution in [0.3, 0.4) is 0 Å². The molecule has 1 aliphatic rings. The Labute approximate surface area is 118 Å². The van der Waals surface area contributed by atoms with E-state index in [4.69, 9.17) is 5.11 Å². The highest BCUT2D eigenvalue weighted by molar-refractivity contribution is 7.89. The summed E-state index contributed by atoms with van der Waals surface area (Å²) >= 11 is 0. The van der Waals surface area contributed by atoms with Crippen molar-refractivity contribution in [2.24, 2.45) is 5.92 Å². The largest absolute Gasteiger partial charge is 0.480 e. The van der Waals surface area contributed by atoms with E-state index in [9.17, 15) is 13.2 Å². The minimum atomic E-state index is -3.63. The molecule has 112 valence electrons. The Bertz CT molecular complexity index is 581. The second-order valence-electron chi connectivity index (χ2n) is 5.26. The number of carboxylic acid groups (broad SMARTS) is 1. The van der Waals surface area contributed by atoms with Crippen LogP contribution >= 0.6 is 0 Å². The summed E-state index contributed by atoms with van der Waals surface area (Å²) in [5, 5.41) is 12.4. The number of rotatable bonds is 5. The first-order chi connectivity index (χ1) is 9.38. The summed E-state index contributed by atoms with van der Waals surface area (Å²) in [6, 6.07) is -0.0587. The Morgan fingerprint density at radius 3 is 2.85 bits per heavy atom. The van der Waals surface area contributed by atoms with Gasteiger partial charge in [0, 0.05) is 12.2 Å². The maximum atomic E-state index is 12.2. The van der Waals surface area contributed by atoms with Crippen molar-refractivity contribution in [1.82, 2.24) is 14.5 Å². The molecule has 0 aromatic carbocycles. The summed E-state index contributed by atoms with van der Waals surface area (Å²) in [7, 11) is -3.63. The fourth-order valence-electron chi connectivity index (χ4n) is 2.47. The Hall–Kier alpha value is -1.41. The average Bonchev–Trinajstić information content (AvgIpc) is 2.80. The third-order valence-electron chi connectivity index (χ3n) is 3.64. The molecule has 1 saturated carbocycles. The summed E-state index contributed by atoms with van der Waals surface area (Å²) in [5.74, 6) is -0.751. The molecule has 0 bridgehead atoms. The van der Waals surface area contributed by atoms with E-state index in [1.807, 2.05) is 6.92 Å². The molecular weight excluding hydrogens is 282 g/mol. The fraction of sp³-hybridized carbons (Fsp3) is 0.667. The Balaban J connectivity index is 2.09. The molecule has 0 radical (unpaired) electrons. The standard InChI is InChI=1S/C12H19N3O4S/c1-9-4-2-3-5-11(9)14-20(18,19)10-6-13-15(7-10)8-12(16)17/h6-7,9,11,14H,2-5,8H2,1H3,(H,16,17). The van der Waals surface area contributed by atoms with Crippen LogP contribution in [-0.4, -0.2) is 35.3 Å². The molecule has 7 nitrogen and oxygen atoms in total. The topological polar surface area (TPSA) is 101 Å². The van der Waals surface area contributed by atoms with Gasteiger partial charge in [0.2, 0.25) is 10.0 Å². The van der Waals surface area contributed by atoms with Gasteiger partial charge < -0.3 is 5.11 Å². The summed E-state index contributed by atoms with van der Waals surface area (Å²) < 4.78 is 28.3. The van der Waals surface area contributed by atoms with Crippen LogP contribution in [-0.2, 0) is 21.4 Å². The minimum absolute atomic E-state index is 0.0107. The maximum Gasteiger partial charge on any atom is 0.325 e. The van der Waals surface area contributed by atoms with Crippen molar-refractivity contribution in [1.29, 1.82) is 0 Å². The maximum absolute atomic E-state index is 12.2. The first-order valence-corrected chi connectivity index (χ1v) is 8.13. The lowest BCUT2D eigenvalue weighted by molar-refractivity contribution is -0.137. The monoisotopic (exact) mass is 301 g/mol. The number of carboxylic acids is 1.